The predicted molar refractivity (Wildman–Crippen MR) is 95.5 cm³/mol. The molecule has 1 unspecified atom stereocenters. The normalized spacial score (nSPS) is 16.9. The maximum Gasteiger partial charge on any atom is 0.352 e. The maximum atomic E-state index is 12.9. The third kappa shape index (κ3) is 2.97. The Balaban J connectivity index is 2.26. The Morgan fingerprint density at radius 2 is 2.04 bits per heavy atom. The highest BCUT2D eigenvalue weighted by atomic mass is 35.5. The van der Waals surface area contributed by atoms with Crippen LogP contribution in [0.2, 0.25) is 5.02 Å². The molecule has 2 heterocycles. The molecule has 0 radical (unpaired) electrons. The smallest absolute Gasteiger partial charge is 0.352 e. The lowest BCUT2D eigenvalue weighted by Crippen LogP contribution is -2.39. The number of carboxylic acids is 1. The molecule has 1 aromatic carbocycles. The van der Waals surface area contributed by atoms with Crippen LogP contribution in [-0.2, 0) is 26.2 Å². The average Bonchev–Trinajstić information content (AvgIpc) is 2.87. The van der Waals surface area contributed by atoms with Gasteiger partial charge >= 0.3 is 11.9 Å². The second-order valence-electron chi connectivity index (χ2n) is 5.87. The van der Waals surface area contributed by atoms with Crippen LogP contribution in [0, 0.1) is 0 Å². The molecule has 1 amide bonds. The van der Waals surface area contributed by atoms with Gasteiger partial charge in [0, 0.05) is 34.7 Å². The SMILES string of the molecule is CCOC(=O)C1=CNC(=O)C(c2c(C(=O)O)n(C)c3ccc(Cl)cc23)C1=O. The fourth-order valence-corrected chi connectivity index (χ4v) is 3.37. The average molecular weight is 391 g/mol. The standard InChI is InChI=1S/C18H15ClN2O6/c1-3-27-18(26)10-7-20-16(23)13(15(10)22)12-9-6-8(19)4-5-11(9)21(2)14(12)17(24)25/h4-7,13H,3H2,1-2H3,(H,20,23)(H,24,25). The minimum absolute atomic E-state index is 0.0140. The van der Waals surface area contributed by atoms with Crippen molar-refractivity contribution in [1.29, 1.82) is 0 Å². The van der Waals surface area contributed by atoms with E-state index < -0.39 is 29.5 Å². The van der Waals surface area contributed by atoms with Crippen molar-refractivity contribution < 1.29 is 29.0 Å². The van der Waals surface area contributed by atoms with E-state index in [2.05, 4.69) is 5.32 Å². The fourth-order valence-electron chi connectivity index (χ4n) is 3.20. The van der Waals surface area contributed by atoms with E-state index in [1.165, 1.54) is 17.7 Å². The molecular formula is C18H15ClN2O6. The zero-order valence-corrected chi connectivity index (χ0v) is 15.2. The van der Waals surface area contributed by atoms with E-state index in [1.807, 2.05) is 0 Å². The summed E-state index contributed by atoms with van der Waals surface area (Å²) in [7, 11) is 1.51. The molecule has 2 N–H and O–H groups in total. The van der Waals surface area contributed by atoms with Crippen LogP contribution in [0.1, 0.15) is 28.9 Å². The molecule has 0 aliphatic carbocycles. The van der Waals surface area contributed by atoms with Crippen molar-refractivity contribution in [1.82, 2.24) is 9.88 Å². The van der Waals surface area contributed by atoms with Crippen LogP contribution in [0.5, 0.6) is 0 Å². The van der Waals surface area contributed by atoms with Gasteiger partial charge in [-0.3, -0.25) is 9.59 Å². The molecule has 1 atom stereocenters. The van der Waals surface area contributed by atoms with Gasteiger partial charge in [-0.2, -0.15) is 0 Å². The number of aryl methyl sites for hydroxylation is 1. The number of aromatic carboxylic acids is 1. The number of carbonyl (C=O) groups excluding carboxylic acids is 3. The van der Waals surface area contributed by atoms with Crippen molar-refractivity contribution >= 4 is 46.1 Å². The number of hydrogen-bond acceptors (Lipinski definition) is 5. The number of halogens is 1. The summed E-state index contributed by atoms with van der Waals surface area (Å²) < 4.78 is 6.21. The van der Waals surface area contributed by atoms with Gasteiger partial charge in [0.25, 0.3) is 0 Å². The molecule has 0 fully saturated rings. The minimum Gasteiger partial charge on any atom is -0.477 e. The van der Waals surface area contributed by atoms with Crippen LogP contribution in [-0.4, -0.2) is 39.9 Å². The van der Waals surface area contributed by atoms with Gasteiger partial charge < -0.3 is 19.7 Å². The van der Waals surface area contributed by atoms with Crippen molar-refractivity contribution in [2.75, 3.05) is 6.61 Å². The van der Waals surface area contributed by atoms with Gasteiger partial charge in [-0.1, -0.05) is 11.6 Å². The van der Waals surface area contributed by atoms with Crippen molar-refractivity contribution in [2.24, 2.45) is 7.05 Å². The van der Waals surface area contributed by atoms with Crippen molar-refractivity contribution in [3.8, 4) is 0 Å². The summed E-state index contributed by atoms with van der Waals surface area (Å²) in [5.41, 5.74) is -0.109. The van der Waals surface area contributed by atoms with E-state index in [1.54, 1.807) is 19.1 Å². The highest BCUT2D eigenvalue weighted by molar-refractivity contribution is 6.32. The quantitative estimate of drug-likeness (QED) is 0.467. The molecule has 1 aliphatic rings. The molecule has 0 saturated heterocycles. The first kappa shape index (κ1) is 18.7. The highest BCUT2D eigenvalue weighted by Gasteiger charge is 2.41. The molecule has 140 valence electrons. The summed E-state index contributed by atoms with van der Waals surface area (Å²) in [5.74, 6) is -5.27. The molecule has 9 heteroatoms. The van der Waals surface area contributed by atoms with E-state index >= 15 is 0 Å². The van der Waals surface area contributed by atoms with Crippen molar-refractivity contribution in [3.05, 3.63) is 46.3 Å². The van der Waals surface area contributed by atoms with E-state index in [9.17, 15) is 24.3 Å². The molecule has 27 heavy (non-hydrogen) atoms. The maximum absolute atomic E-state index is 12.9. The van der Waals surface area contributed by atoms with Gasteiger partial charge in [0.05, 0.1) is 6.61 Å². The van der Waals surface area contributed by atoms with Gasteiger partial charge in [-0.25, -0.2) is 9.59 Å². The Hall–Kier alpha value is -3.13. The Morgan fingerprint density at radius 1 is 1.33 bits per heavy atom. The number of ketones is 1. The lowest BCUT2D eigenvalue weighted by molar-refractivity contribution is -0.141. The molecule has 1 aromatic heterocycles. The molecule has 3 rings (SSSR count). The second-order valence-corrected chi connectivity index (χ2v) is 6.31. The number of benzene rings is 1. The molecule has 0 spiro atoms. The Morgan fingerprint density at radius 3 is 2.67 bits per heavy atom. The number of amides is 1. The largest absolute Gasteiger partial charge is 0.477 e. The molecule has 0 bridgehead atoms. The van der Waals surface area contributed by atoms with Crippen LogP contribution < -0.4 is 5.32 Å². The third-order valence-corrected chi connectivity index (χ3v) is 4.57. The van der Waals surface area contributed by atoms with E-state index in [0.717, 1.165) is 6.20 Å². The summed E-state index contributed by atoms with van der Waals surface area (Å²) in [6.07, 6.45) is 0.984. The van der Waals surface area contributed by atoms with Crippen molar-refractivity contribution in [3.63, 3.8) is 0 Å². The summed E-state index contributed by atoms with van der Waals surface area (Å²) in [5, 5.41) is 12.7. The third-order valence-electron chi connectivity index (χ3n) is 4.34. The number of ether oxygens (including phenoxy) is 1. The molecule has 0 saturated carbocycles. The lowest BCUT2D eigenvalue weighted by atomic mass is 9.86. The monoisotopic (exact) mass is 390 g/mol. The predicted octanol–water partition coefficient (Wildman–Crippen LogP) is 1.76. The first-order valence-electron chi connectivity index (χ1n) is 8.00. The van der Waals surface area contributed by atoms with Gasteiger partial charge in [0.1, 0.15) is 17.2 Å². The molecule has 1 aliphatic heterocycles. The zero-order chi connectivity index (χ0) is 19.9. The summed E-state index contributed by atoms with van der Waals surface area (Å²) in [4.78, 5) is 49.3. The number of aromatic nitrogens is 1. The van der Waals surface area contributed by atoms with Crippen LogP contribution >= 0.6 is 11.6 Å². The topological polar surface area (TPSA) is 115 Å². The molecule has 2 aromatic rings. The number of carbonyl (C=O) groups is 4. The van der Waals surface area contributed by atoms with Crippen LogP contribution in [0.25, 0.3) is 10.9 Å². The molecule has 8 nitrogen and oxygen atoms in total. The fraction of sp³-hybridized carbons (Fsp3) is 0.222. The lowest BCUT2D eigenvalue weighted by Gasteiger charge is -2.21. The van der Waals surface area contributed by atoms with E-state index in [4.69, 9.17) is 16.3 Å². The summed E-state index contributed by atoms with van der Waals surface area (Å²) in [6.45, 7) is 1.63. The zero-order valence-electron chi connectivity index (χ0n) is 14.4. The van der Waals surface area contributed by atoms with Gasteiger partial charge in [-0.05, 0) is 25.1 Å². The van der Waals surface area contributed by atoms with E-state index in [-0.39, 0.29) is 23.4 Å². The number of hydrogen-bond donors (Lipinski definition) is 2. The first-order chi connectivity index (χ1) is 12.8. The van der Waals surface area contributed by atoms with Crippen LogP contribution in [0.15, 0.2) is 30.0 Å². The number of Topliss-reactive ketones (excluding diaryl/α,β-unsaturated/α-hetero) is 1. The number of carboxylic acid groups (broad SMARTS) is 1. The summed E-state index contributed by atoms with van der Waals surface area (Å²) >= 11 is 6.04. The first-order valence-corrected chi connectivity index (χ1v) is 8.38. The Labute approximate surface area is 158 Å². The number of esters is 1. The van der Waals surface area contributed by atoms with Crippen molar-refractivity contribution in [2.45, 2.75) is 12.8 Å². The van der Waals surface area contributed by atoms with Gasteiger partial charge in [0.15, 0.2) is 5.78 Å². The number of fused-ring (bicyclic) bond motifs is 1. The van der Waals surface area contributed by atoms with Crippen LogP contribution in [0.4, 0.5) is 0 Å². The summed E-state index contributed by atoms with van der Waals surface area (Å²) in [6, 6.07) is 4.66. The Kier molecular flexibility index (Phi) is 4.75. The number of rotatable bonds is 4. The van der Waals surface area contributed by atoms with Gasteiger partial charge in [0.2, 0.25) is 5.91 Å². The van der Waals surface area contributed by atoms with E-state index in [0.29, 0.717) is 15.9 Å². The number of nitrogens with one attached hydrogen (secondary N) is 1. The minimum atomic E-state index is -1.51. The number of nitrogens with zero attached hydrogens (tertiary/aromatic N) is 1. The van der Waals surface area contributed by atoms with Gasteiger partial charge in [-0.15, -0.1) is 0 Å². The second kappa shape index (κ2) is 6.88. The Bertz CT molecular complexity index is 1040. The highest BCUT2D eigenvalue weighted by Crippen LogP contribution is 2.36. The molecular weight excluding hydrogens is 376 g/mol. The van der Waals surface area contributed by atoms with Crippen LogP contribution in [0.3, 0.4) is 0 Å².